The van der Waals surface area contributed by atoms with Gasteiger partial charge in [-0.05, 0) is 36.8 Å². The fourth-order valence-electron chi connectivity index (χ4n) is 1.84. The Bertz CT molecular complexity index is 768. The molecule has 0 radical (unpaired) electrons. The van der Waals surface area contributed by atoms with Gasteiger partial charge in [0.1, 0.15) is 17.2 Å². The van der Waals surface area contributed by atoms with Crippen LogP contribution in [-0.2, 0) is 0 Å². The third kappa shape index (κ3) is 2.07. The molecule has 0 saturated carbocycles. The third-order valence-electron chi connectivity index (χ3n) is 2.86. The lowest BCUT2D eigenvalue weighted by Crippen LogP contribution is -1.89. The molecule has 0 unspecified atom stereocenters. The van der Waals surface area contributed by atoms with Crippen LogP contribution >= 0.6 is 0 Å². The zero-order chi connectivity index (χ0) is 14.1. The van der Waals surface area contributed by atoms with Crippen molar-refractivity contribution in [3.63, 3.8) is 0 Å². The second-order valence-electron chi connectivity index (χ2n) is 4.29. The van der Waals surface area contributed by atoms with E-state index in [1.165, 1.54) is 18.2 Å². The van der Waals surface area contributed by atoms with Crippen molar-refractivity contribution < 1.29 is 14.7 Å². The summed E-state index contributed by atoms with van der Waals surface area (Å²) in [6, 6.07) is 7.81. The zero-order valence-electron chi connectivity index (χ0n) is 10.6. The Morgan fingerprint density at radius 2 is 2.00 bits per heavy atom. The van der Waals surface area contributed by atoms with E-state index in [0.29, 0.717) is 11.5 Å². The fourth-order valence-corrected chi connectivity index (χ4v) is 1.84. The SMILES string of the molecule is Cc1cccnc1-c1noc(-c2cc(O)ccc2O)n1. The fraction of sp³-hybridized carbons (Fsp3) is 0.0714. The van der Waals surface area contributed by atoms with Crippen molar-refractivity contribution in [3.8, 4) is 34.5 Å². The van der Waals surface area contributed by atoms with Crippen molar-refractivity contribution in [1.82, 2.24) is 15.1 Å². The van der Waals surface area contributed by atoms with Crippen molar-refractivity contribution in [2.24, 2.45) is 0 Å². The first-order valence-electron chi connectivity index (χ1n) is 5.93. The van der Waals surface area contributed by atoms with Crippen LogP contribution in [0.2, 0.25) is 0 Å². The Labute approximate surface area is 114 Å². The number of aromatic hydroxyl groups is 2. The van der Waals surface area contributed by atoms with Crippen molar-refractivity contribution >= 4 is 0 Å². The van der Waals surface area contributed by atoms with Crippen molar-refractivity contribution in [2.45, 2.75) is 6.92 Å². The minimum absolute atomic E-state index is 0.00608. The third-order valence-corrected chi connectivity index (χ3v) is 2.86. The van der Waals surface area contributed by atoms with Gasteiger partial charge in [0.25, 0.3) is 5.89 Å². The molecule has 0 bridgehead atoms. The number of aromatic nitrogens is 3. The zero-order valence-corrected chi connectivity index (χ0v) is 10.6. The first-order chi connectivity index (χ1) is 9.65. The summed E-state index contributed by atoms with van der Waals surface area (Å²) in [6.45, 7) is 1.89. The number of nitrogens with zero attached hydrogens (tertiary/aromatic N) is 3. The summed E-state index contributed by atoms with van der Waals surface area (Å²) in [4.78, 5) is 8.40. The van der Waals surface area contributed by atoms with Crippen LogP contribution in [0.15, 0.2) is 41.1 Å². The van der Waals surface area contributed by atoms with Gasteiger partial charge in [-0.25, -0.2) is 0 Å². The van der Waals surface area contributed by atoms with Crippen LogP contribution in [0.1, 0.15) is 5.56 Å². The number of phenols is 2. The Hall–Kier alpha value is -2.89. The first-order valence-corrected chi connectivity index (χ1v) is 5.93. The Kier molecular flexibility index (Phi) is 2.83. The van der Waals surface area contributed by atoms with Crippen LogP contribution in [0, 0.1) is 6.92 Å². The minimum atomic E-state index is -0.0456. The van der Waals surface area contributed by atoms with Crippen LogP contribution < -0.4 is 0 Å². The molecule has 0 aliphatic rings. The molecule has 2 heterocycles. The molecule has 6 nitrogen and oxygen atoms in total. The lowest BCUT2D eigenvalue weighted by molar-refractivity contribution is 0.423. The highest BCUT2D eigenvalue weighted by Crippen LogP contribution is 2.32. The first kappa shape index (κ1) is 12.2. The van der Waals surface area contributed by atoms with E-state index in [9.17, 15) is 10.2 Å². The monoisotopic (exact) mass is 269 g/mol. The van der Waals surface area contributed by atoms with E-state index in [1.54, 1.807) is 6.20 Å². The van der Waals surface area contributed by atoms with Gasteiger partial charge in [0.15, 0.2) is 0 Å². The lowest BCUT2D eigenvalue weighted by Gasteiger charge is -1.99. The highest BCUT2D eigenvalue weighted by molar-refractivity contribution is 5.66. The molecule has 0 fully saturated rings. The van der Waals surface area contributed by atoms with Gasteiger partial charge in [-0.15, -0.1) is 0 Å². The number of aryl methyl sites for hydroxylation is 1. The predicted octanol–water partition coefficient (Wildman–Crippen LogP) is 2.52. The molecule has 0 saturated heterocycles. The van der Waals surface area contributed by atoms with Gasteiger partial charge in [-0.1, -0.05) is 11.2 Å². The van der Waals surface area contributed by atoms with Gasteiger partial charge in [-0.3, -0.25) is 4.98 Å². The summed E-state index contributed by atoms with van der Waals surface area (Å²) in [7, 11) is 0. The van der Waals surface area contributed by atoms with Gasteiger partial charge in [0.2, 0.25) is 5.82 Å². The van der Waals surface area contributed by atoms with E-state index >= 15 is 0 Å². The van der Waals surface area contributed by atoms with Crippen LogP contribution in [0.25, 0.3) is 23.0 Å². The van der Waals surface area contributed by atoms with Gasteiger partial charge < -0.3 is 14.7 Å². The van der Waals surface area contributed by atoms with Crippen molar-refractivity contribution in [2.75, 3.05) is 0 Å². The van der Waals surface area contributed by atoms with Gasteiger partial charge in [0, 0.05) is 6.20 Å². The van der Waals surface area contributed by atoms with Crippen molar-refractivity contribution in [1.29, 1.82) is 0 Å². The maximum Gasteiger partial charge on any atom is 0.262 e. The molecule has 6 heteroatoms. The van der Waals surface area contributed by atoms with Gasteiger partial charge in [-0.2, -0.15) is 4.98 Å². The van der Waals surface area contributed by atoms with Crippen LogP contribution in [0.5, 0.6) is 11.5 Å². The molecule has 0 aliphatic carbocycles. The largest absolute Gasteiger partial charge is 0.508 e. The maximum atomic E-state index is 9.77. The Morgan fingerprint density at radius 1 is 1.15 bits per heavy atom. The summed E-state index contributed by atoms with van der Waals surface area (Å²) in [5.74, 6) is 0.418. The minimum Gasteiger partial charge on any atom is -0.508 e. The molecular weight excluding hydrogens is 258 g/mol. The molecule has 0 aliphatic heterocycles. The van der Waals surface area contributed by atoms with E-state index in [2.05, 4.69) is 15.1 Å². The van der Waals surface area contributed by atoms with Crippen LogP contribution in [-0.4, -0.2) is 25.3 Å². The molecule has 2 N–H and O–H groups in total. The maximum absolute atomic E-state index is 9.77. The van der Waals surface area contributed by atoms with Crippen LogP contribution in [0.3, 0.4) is 0 Å². The quantitative estimate of drug-likeness (QED) is 0.694. The molecule has 0 atom stereocenters. The molecule has 20 heavy (non-hydrogen) atoms. The molecule has 0 amide bonds. The summed E-state index contributed by atoms with van der Waals surface area (Å²) in [5, 5.41) is 23.1. The average molecular weight is 269 g/mol. The molecule has 3 aromatic rings. The van der Waals surface area contributed by atoms with Crippen molar-refractivity contribution in [3.05, 3.63) is 42.1 Å². The molecule has 2 aromatic heterocycles. The second-order valence-corrected chi connectivity index (χ2v) is 4.29. The molecule has 0 spiro atoms. The summed E-state index contributed by atoms with van der Waals surface area (Å²) in [5.41, 5.74) is 1.81. The number of rotatable bonds is 2. The number of pyridine rings is 1. The lowest BCUT2D eigenvalue weighted by atomic mass is 10.2. The number of phenolic OH excluding ortho intramolecular Hbond substituents is 2. The molecule has 1 aromatic carbocycles. The Balaban J connectivity index is 2.07. The number of benzene rings is 1. The molecular formula is C14H11N3O3. The van der Waals surface area contributed by atoms with E-state index in [4.69, 9.17) is 4.52 Å². The smallest absolute Gasteiger partial charge is 0.262 e. The van der Waals surface area contributed by atoms with E-state index in [-0.39, 0.29) is 23.0 Å². The standard InChI is InChI=1S/C14H11N3O3/c1-8-3-2-6-15-12(8)13-16-14(20-17-13)10-7-9(18)4-5-11(10)19/h2-7,18-19H,1H3. The summed E-state index contributed by atoms with van der Waals surface area (Å²) >= 11 is 0. The Morgan fingerprint density at radius 3 is 2.80 bits per heavy atom. The average Bonchev–Trinajstić information content (AvgIpc) is 2.91. The molecule has 3 rings (SSSR count). The highest BCUT2D eigenvalue weighted by Gasteiger charge is 2.16. The highest BCUT2D eigenvalue weighted by atomic mass is 16.5. The predicted molar refractivity (Wildman–Crippen MR) is 71.0 cm³/mol. The molecule has 100 valence electrons. The van der Waals surface area contributed by atoms with E-state index in [1.807, 2.05) is 19.1 Å². The second kappa shape index (κ2) is 4.65. The van der Waals surface area contributed by atoms with Gasteiger partial charge in [0.05, 0.1) is 5.56 Å². The van der Waals surface area contributed by atoms with Gasteiger partial charge >= 0.3 is 0 Å². The van der Waals surface area contributed by atoms with E-state index in [0.717, 1.165) is 5.56 Å². The topological polar surface area (TPSA) is 92.3 Å². The summed E-state index contributed by atoms with van der Waals surface area (Å²) < 4.78 is 5.12. The summed E-state index contributed by atoms with van der Waals surface area (Å²) in [6.07, 6.45) is 1.64. The van der Waals surface area contributed by atoms with E-state index < -0.39 is 0 Å². The number of hydrogen-bond donors (Lipinski definition) is 2. The van der Waals surface area contributed by atoms with Crippen LogP contribution in [0.4, 0.5) is 0 Å². The normalized spacial score (nSPS) is 10.7. The number of hydrogen-bond acceptors (Lipinski definition) is 6.